The lowest BCUT2D eigenvalue weighted by molar-refractivity contribution is 0.601. The smallest absolute Gasteiger partial charge is 0.263 e. The molecular formula is C12H14BrN3O2S2. The first-order chi connectivity index (χ1) is 9.53. The van der Waals surface area contributed by atoms with Gasteiger partial charge in [-0.1, -0.05) is 6.92 Å². The van der Waals surface area contributed by atoms with E-state index in [2.05, 4.69) is 31.0 Å². The number of halogens is 1. The maximum atomic E-state index is 12.3. The fourth-order valence-electron chi connectivity index (χ4n) is 1.49. The van der Waals surface area contributed by atoms with Gasteiger partial charge >= 0.3 is 0 Å². The maximum Gasteiger partial charge on any atom is 0.263 e. The van der Waals surface area contributed by atoms with Crippen molar-refractivity contribution in [2.45, 2.75) is 18.4 Å². The van der Waals surface area contributed by atoms with E-state index in [1.54, 1.807) is 23.6 Å². The predicted molar refractivity (Wildman–Crippen MR) is 84.4 cm³/mol. The summed E-state index contributed by atoms with van der Waals surface area (Å²) in [6, 6.07) is 5.13. The van der Waals surface area contributed by atoms with Crippen molar-refractivity contribution < 1.29 is 8.42 Å². The third kappa shape index (κ3) is 3.78. The van der Waals surface area contributed by atoms with Gasteiger partial charge in [-0.3, -0.25) is 4.72 Å². The van der Waals surface area contributed by atoms with E-state index < -0.39 is 10.0 Å². The Bertz CT molecular complexity index is 686. The summed E-state index contributed by atoms with van der Waals surface area (Å²) in [6.07, 6.45) is 1.53. The predicted octanol–water partition coefficient (Wildman–Crippen LogP) is 2.82. The number of nitrogens with one attached hydrogen (secondary N) is 2. The summed E-state index contributed by atoms with van der Waals surface area (Å²) < 4.78 is 27.6. The van der Waals surface area contributed by atoms with Crippen LogP contribution in [0.2, 0.25) is 0 Å². The highest BCUT2D eigenvalue weighted by atomic mass is 79.9. The van der Waals surface area contributed by atoms with Gasteiger partial charge < -0.3 is 5.32 Å². The van der Waals surface area contributed by atoms with Crippen LogP contribution in [0.15, 0.2) is 39.1 Å². The summed E-state index contributed by atoms with van der Waals surface area (Å²) in [4.78, 5) is 5.24. The lowest BCUT2D eigenvalue weighted by Crippen LogP contribution is -2.14. The average molecular weight is 376 g/mol. The Morgan fingerprint density at radius 1 is 1.45 bits per heavy atom. The molecule has 2 rings (SSSR count). The normalized spacial score (nSPS) is 11.5. The minimum Gasteiger partial charge on any atom is -0.312 e. The molecule has 0 bridgehead atoms. The van der Waals surface area contributed by atoms with Gasteiger partial charge in [-0.25, -0.2) is 13.4 Å². The fourth-order valence-corrected chi connectivity index (χ4v) is 4.25. The van der Waals surface area contributed by atoms with Gasteiger partial charge in [0.15, 0.2) is 5.82 Å². The van der Waals surface area contributed by atoms with Crippen molar-refractivity contribution in [1.29, 1.82) is 0 Å². The largest absolute Gasteiger partial charge is 0.312 e. The first kappa shape index (κ1) is 15.4. The molecule has 2 heterocycles. The van der Waals surface area contributed by atoms with Crippen molar-refractivity contribution in [2.24, 2.45) is 0 Å². The minimum atomic E-state index is -3.60. The number of nitrogens with zero attached hydrogens (tertiary/aromatic N) is 1. The molecule has 108 valence electrons. The Balaban J connectivity index is 2.18. The highest BCUT2D eigenvalue weighted by Crippen LogP contribution is 2.24. The molecule has 0 saturated carbocycles. The molecular weight excluding hydrogens is 362 g/mol. The van der Waals surface area contributed by atoms with Crippen molar-refractivity contribution in [3.05, 3.63) is 39.1 Å². The molecule has 0 aliphatic rings. The number of hydrogen-bond donors (Lipinski definition) is 2. The van der Waals surface area contributed by atoms with Gasteiger partial charge in [0.1, 0.15) is 0 Å². The molecule has 5 nitrogen and oxygen atoms in total. The number of anilines is 1. The third-order valence-electron chi connectivity index (χ3n) is 2.48. The molecule has 0 atom stereocenters. The van der Waals surface area contributed by atoms with Crippen molar-refractivity contribution in [2.75, 3.05) is 11.3 Å². The summed E-state index contributed by atoms with van der Waals surface area (Å²) >= 11 is 4.68. The quantitative estimate of drug-likeness (QED) is 0.814. The molecule has 0 fully saturated rings. The molecule has 0 radical (unpaired) electrons. The molecule has 0 aliphatic heterocycles. The highest BCUT2D eigenvalue weighted by Gasteiger charge is 2.18. The number of thiophene rings is 1. The molecule has 8 heteroatoms. The highest BCUT2D eigenvalue weighted by molar-refractivity contribution is 9.10. The van der Waals surface area contributed by atoms with Crippen LogP contribution in [0.5, 0.6) is 0 Å². The summed E-state index contributed by atoms with van der Waals surface area (Å²) in [5, 5.41) is 4.79. The van der Waals surface area contributed by atoms with E-state index >= 15 is 0 Å². The summed E-state index contributed by atoms with van der Waals surface area (Å²) in [5.41, 5.74) is 0. The van der Waals surface area contributed by atoms with Crippen molar-refractivity contribution >= 4 is 43.1 Å². The van der Waals surface area contributed by atoms with Crippen LogP contribution in [0.25, 0.3) is 0 Å². The van der Waals surface area contributed by atoms with Gasteiger partial charge in [-0.05, 0) is 40.7 Å². The second-order valence-electron chi connectivity index (χ2n) is 3.97. The second kappa shape index (κ2) is 6.66. The van der Waals surface area contributed by atoms with E-state index in [-0.39, 0.29) is 10.7 Å². The molecule has 0 saturated heterocycles. The molecule has 20 heavy (non-hydrogen) atoms. The molecule has 0 aliphatic carbocycles. The molecule has 2 N–H and O–H groups in total. The summed E-state index contributed by atoms with van der Waals surface area (Å²) in [5.74, 6) is 0.284. The molecule has 0 spiro atoms. The Kier molecular flexibility index (Phi) is 5.14. The van der Waals surface area contributed by atoms with E-state index in [0.717, 1.165) is 11.4 Å². The van der Waals surface area contributed by atoms with Crippen LogP contribution in [-0.2, 0) is 16.6 Å². The lowest BCUT2D eigenvalue weighted by atomic mass is 10.4. The second-order valence-corrected chi connectivity index (χ2v) is 7.50. The van der Waals surface area contributed by atoms with Gasteiger partial charge in [0.25, 0.3) is 10.0 Å². The summed E-state index contributed by atoms with van der Waals surface area (Å²) in [6.45, 7) is 3.52. The molecule has 0 amide bonds. The van der Waals surface area contributed by atoms with Gasteiger partial charge in [0, 0.05) is 23.0 Å². The standard InChI is InChI=1S/C12H14BrN3O2S2/c1-2-14-7-9-6-10(8-19-9)20(17,18)16-12-11(13)4-3-5-15-12/h3-6,8,14H,2,7H2,1H3,(H,15,16). The van der Waals surface area contributed by atoms with Crippen LogP contribution >= 0.6 is 27.3 Å². The average Bonchev–Trinajstić information content (AvgIpc) is 2.88. The fraction of sp³-hybridized carbons (Fsp3) is 0.250. The topological polar surface area (TPSA) is 71.1 Å². The zero-order chi connectivity index (χ0) is 14.6. The summed E-state index contributed by atoms with van der Waals surface area (Å²) in [7, 11) is -3.60. The molecule has 0 unspecified atom stereocenters. The van der Waals surface area contributed by atoms with Crippen LogP contribution in [0.4, 0.5) is 5.82 Å². The van der Waals surface area contributed by atoms with E-state index in [4.69, 9.17) is 0 Å². The van der Waals surface area contributed by atoms with Crippen LogP contribution in [0, 0.1) is 0 Å². The van der Waals surface area contributed by atoms with Gasteiger partial charge in [0.05, 0.1) is 9.37 Å². The van der Waals surface area contributed by atoms with Crippen molar-refractivity contribution in [1.82, 2.24) is 10.3 Å². The van der Waals surface area contributed by atoms with Crippen molar-refractivity contribution in [3.8, 4) is 0 Å². The van der Waals surface area contributed by atoms with E-state index in [0.29, 0.717) is 11.0 Å². The van der Waals surface area contributed by atoms with E-state index in [9.17, 15) is 8.42 Å². The first-order valence-electron chi connectivity index (χ1n) is 5.94. The number of sulfonamides is 1. The number of pyridine rings is 1. The van der Waals surface area contributed by atoms with Gasteiger partial charge in [-0.15, -0.1) is 11.3 Å². The number of hydrogen-bond acceptors (Lipinski definition) is 5. The first-order valence-corrected chi connectivity index (χ1v) is 9.10. The number of rotatable bonds is 6. The van der Waals surface area contributed by atoms with Crippen LogP contribution in [0.3, 0.4) is 0 Å². The maximum absolute atomic E-state index is 12.3. The molecule has 2 aromatic rings. The number of aromatic nitrogens is 1. The molecule has 0 aromatic carbocycles. The van der Waals surface area contributed by atoms with Gasteiger partial charge in [0.2, 0.25) is 0 Å². The Morgan fingerprint density at radius 2 is 2.25 bits per heavy atom. The lowest BCUT2D eigenvalue weighted by Gasteiger charge is -2.06. The van der Waals surface area contributed by atoms with E-state index in [1.807, 2.05) is 6.92 Å². The zero-order valence-electron chi connectivity index (χ0n) is 10.8. The zero-order valence-corrected chi connectivity index (χ0v) is 14.0. The Labute approximate surface area is 130 Å². The van der Waals surface area contributed by atoms with Crippen LogP contribution < -0.4 is 10.0 Å². The third-order valence-corrected chi connectivity index (χ3v) is 5.52. The Hall–Kier alpha value is -0.960. The van der Waals surface area contributed by atoms with E-state index in [1.165, 1.54) is 17.5 Å². The van der Waals surface area contributed by atoms with Gasteiger partial charge in [-0.2, -0.15) is 0 Å². The Morgan fingerprint density at radius 3 is 2.95 bits per heavy atom. The minimum absolute atomic E-state index is 0.257. The van der Waals surface area contributed by atoms with Crippen LogP contribution in [0.1, 0.15) is 11.8 Å². The molecule has 2 aromatic heterocycles. The SMILES string of the molecule is CCNCc1cc(S(=O)(=O)Nc2ncccc2Br)cs1. The van der Waals surface area contributed by atoms with Crippen LogP contribution in [-0.4, -0.2) is 19.9 Å². The monoisotopic (exact) mass is 375 g/mol. The van der Waals surface area contributed by atoms with Crippen molar-refractivity contribution in [3.63, 3.8) is 0 Å².